The van der Waals surface area contributed by atoms with E-state index in [0.717, 1.165) is 5.56 Å². The van der Waals surface area contributed by atoms with Crippen molar-refractivity contribution < 1.29 is 4.39 Å². The number of hydrogen-bond donors (Lipinski definition) is 1. The Morgan fingerprint density at radius 3 is 2.28 bits per heavy atom. The van der Waals surface area contributed by atoms with Gasteiger partial charge in [0.25, 0.3) is 0 Å². The highest BCUT2D eigenvalue weighted by Gasteiger charge is 2.11. The minimum atomic E-state index is -0.0918. The monoisotopic (exact) mass is 271 g/mol. The maximum Gasteiger partial charge on any atom is 0.127 e. The quantitative estimate of drug-likeness (QED) is 0.856. The van der Waals surface area contributed by atoms with Crippen LogP contribution in [0.1, 0.15) is 50.5 Å². The normalized spacial score (nSPS) is 17.6. The summed E-state index contributed by atoms with van der Waals surface area (Å²) >= 11 is 0. The second kappa shape index (κ2) is 8.49. The smallest absolute Gasteiger partial charge is 0.127 e. The summed E-state index contributed by atoms with van der Waals surface area (Å²) in [6.07, 6.45) is 9.22. The molecule has 102 valence electrons. The van der Waals surface area contributed by atoms with E-state index in [1.165, 1.54) is 51.0 Å². The first-order chi connectivity index (χ1) is 8.36. The second-order valence-electron chi connectivity index (χ2n) is 5.01. The van der Waals surface area contributed by atoms with Crippen LogP contribution in [-0.4, -0.2) is 6.04 Å². The average Bonchev–Trinajstić information content (AvgIpc) is 2.29. The molecule has 0 heterocycles. The second-order valence-corrected chi connectivity index (χ2v) is 5.01. The maximum absolute atomic E-state index is 13.4. The number of rotatable bonds is 3. The molecule has 0 atom stereocenters. The molecule has 0 aliphatic heterocycles. The molecule has 1 fully saturated rings. The summed E-state index contributed by atoms with van der Waals surface area (Å²) in [4.78, 5) is 0. The fourth-order valence-electron chi connectivity index (χ4n) is 2.56. The van der Waals surface area contributed by atoms with Crippen LogP contribution in [0.3, 0.4) is 0 Å². The van der Waals surface area contributed by atoms with Gasteiger partial charge in [-0.15, -0.1) is 12.4 Å². The minimum Gasteiger partial charge on any atom is -0.310 e. The fourth-order valence-corrected chi connectivity index (χ4v) is 2.56. The standard InChI is InChI=1S/C15H22FN.ClH/c16-15-11-7-6-8-13(15)12-17-14-9-4-2-1-3-5-10-14;/h6-8,11,14,17H,1-5,9-10,12H2;1H. The van der Waals surface area contributed by atoms with E-state index in [1.54, 1.807) is 6.07 Å². The van der Waals surface area contributed by atoms with Crippen molar-refractivity contribution in [1.82, 2.24) is 5.32 Å². The average molecular weight is 272 g/mol. The lowest BCUT2D eigenvalue weighted by molar-refractivity contribution is 0.386. The van der Waals surface area contributed by atoms with Gasteiger partial charge in [0.1, 0.15) is 5.82 Å². The van der Waals surface area contributed by atoms with E-state index >= 15 is 0 Å². The molecule has 0 spiro atoms. The first kappa shape index (κ1) is 15.5. The third-order valence-electron chi connectivity index (χ3n) is 3.64. The van der Waals surface area contributed by atoms with Crippen molar-refractivity contribution in [3.05, 3.63) is 35.6 Å². The molecular formula is C15H23ClFN. The van der Waals surface area contributed by atoms with E-state index in [4.69, 9.17) is 0 Å². The zero-order valence-corrected chi connectivity index (χ0v) is 11.6. The summed E-state index contributed by atoms with van der Waals surface area (Å²) in [6, 6.07) is 7.63. The molecule has 3 heteroatoms. The summed E-state index contributed by atoms with van der Waals surface area (Å²) in [5.74, 6) is -0.0918. The van der Waals surface area contributed by atoms with Gasteiger partial charge in [-0.1, -0.05) is 50.3 Å². The summed E-state index contributed by atoms with van der Waals surface area (Å²) in [5, 5.41) is 3.51. The lowest BCUT2D eigenvalue weighted by Crippen LogP contribution is -2.29. The molecule has 1 aromatic rings. The SMILES string of the molecule is Cl.Fc1ccccc1CNC1CCCCCCC1. The molecule has 0 amide bonds. The largest absolute Gasteiger partial charge is 0.310 e. The molecular weight excluding hydrogens is 249 g/mol. The van der Waals surface area contributed by atoms with Gasteiger partial charge in [0.15, 0.2) is 0 Å². The molecule has 0 saturated heterocycles. The van der Waals surface area contributed by atoms with Crippen LogP contribution >= 0.6 is 12.4 Å². The van der Waals surface area contributed by atoms with Crippen LogP contribution < -0.4 is 5.32 Å². The predicted molar refractivity (Wildman–Crippen MR) is 76.6 cm³/mol. The molecule has 1 nitrogen and oxygen atoms in total. The van der Waals surface area contributed by atoms with E-state index in [2.05, 4.69) is 5.32 Å². The Morgan fingerprint density at radius 1 is 1.00 bits per heavy atom. The van der Waals surface area contributed by atoms with Crippen molar-refractivity contribution in [3.63, 3.8) is 0 Å². The fraction of sp³-hybridized carbons (Fsp3) is 0.600. The van der Waals surface area contributed by atoms with Crippen LogP contribution in [0.2, 0.25) is 0 Å². The van der Waals surface area contributed by atoms with Gasteiger partial charge in [0.05, 0.1) is 0 Å². The molecule has 1 N–H and O–H groups in total. The Labute approximate surface area is 116 Å². The van der Waals surface area contributed by atoms with Gasteiger partial charge in [0, 0.05) is 18.2 Å². The number of halogens is 2. The Hall–Kier alpha value is -0.600. The highest BCUT2D eigenvalue weighted by Crippen LogP contribution is 2.17. The first-order valence-electron chi connectivity index (χ1n) is 6.83. The van der Waals surface area contributed by atoms with Crippen molar-refractivity contribution in [2.45, 2.75) is 57.5 Å². The molecule has 2 rings (SSSR count). The van der Waals surface area contributed by atoms with Gasteiger partial charge in [-0.3, -0.25) is 0 Å². The molecule has 1 aliphatic rings. The Morgan fingerprint density at radius 2 is 1.61 bits per heavy atom. The molecule has 18 heavy (non-hydrogen) atoms. The predicted octanol–water partition coefficient (Wildman–Crippen LogP) is 4.45. The lowest BCUT2D eigenvalue weighted by atomic mass is 9.96. The third-order valence-corrected chi connectivity index (χ3v) is 3.64. The minimum absolute atomic E-state index is 0. The van der Waals surface area contributed by atoms with Crippen molar-refractivity contribution in [3.8, 4) is 0 Å². The van der Waals surface area contributed by atoms with Crippen LogP contribution in [0.25, 0.3) is 0 Å². The van der Waals surface area contributed by atoms with E-state index in [1.807, 2.05) is 12.1 Å². The van der Waals surface area contributed by atoms with Gasteiger partial charge in [-0.25, -0.2) is 4.39 Å². The van der Waals surface area contributed by atoms with Crippen LogP contribution in [0.5, 0.6) is 0 Å². The molecule has 0 unspecified atom stereocenters. The van der Waals surface area contributed by atoms with Crippen LogP contribution in [0.4, 0.5) is 4.39 Å². The van der Waals surface area contributed by atoms with Crippen molar-refractivity contribution in [2.75, 3.05) is 0 Å². The van der Waals surface area contributed by atoms with E-state index in [0.29, 0.717) is 12.6 Å². The van der Waals surface area contributed by atoms with Crippen LogP contribution in [0, 0.1) is 5.82 Å². The Bertz CT molecular complexity index is 335. The first-order valence-corrected chi connectivity index (χ1v) is 6.83. The molecule has 1 aliphatic carbocycles. The van der Waals surface area contributed by atoms with E-state index in [-0.39, 0.29) is 18.2 Å². The molecule has 1 aromatic carbocycles. The topological polar surface area (TPSA) is 12.0 Å². The zero-order chi connectivity index (χ0) is 11.9. The summed E-state index contributed by atoms with van der Waals surface area (Å²) in [5.41, 5.74) is 0.787. The summed E-state index contributed by atoms with van der Waals surface area (Å²) < 4.78 is 13.4. The molecule has 1 saturated carbocycles. The Balaban J connectivity index is 0.00000162. The van der Waals surface area contributed by atoms with Crippen LogP contribution in [-0.2, 0) is 6.54 Å². The van der Waals surface area contributed by atoms with Crippen molar-refractivity contribution in [2.24, 2.45) is 0 Å². The molecule has 0 radical (unpaired) electrons. The van der Waals surface area contributed by atoms with E-state index in [9.17, 15) is 4.39 Å². The van der Waals surface area contributed by atoms with Crippen LogP contribution in [0.15, 0.2) is 24.3 Å². The third kappa shape index (κ3) is 4.95. The molecule has 0 bridgehead atoms. The van der Waals surface area contributed by atoms with Gasteiger partial charge >= 0.3 is 0 Å². The maximum atomic E-state index is 13.4. The summed E-state index contributed by atoms with van der Waals surface area (Å²) in [7, 11) is 0. The zero-order valence-electron chi connectivity index (χ0n) is 10.8. The van der Waals surface area contributed by atoms with Crippen molar-refractivity contribution >= 4 is 12.4 Å². The van der Waals surface area contributed by atoms with Gasteiger partial charge < -0.3 is 5.32 Å². The van der Waals surface area contributed by atoms with E-state index < -0.39 is 0 Å². The van der Waals surface area contributed by atoms with Crippen molar-refractivity contribution in [1.29, 1.82) is 0 Å². The molecule has 0 aromatic heterocycles. The van der Waals surface area contributed by atoms with Gasteiger partial charge in [0.2, 0.25) is 0 Å². The highest BCUT2D eigenvalue weighted by atomic mass is 35.5. The Kier molecular flexibility index (Phi) is 7.29. The summed E-state index contributed by atoms with van der Waals surface area (Å²) in [6.45, 7) is 0.664. The number of benzene rings is 1. The van der Waals surface area contributed by atoms with Gasteiger partial charge in [-0.05, 0) is 18.9 Å². The van der Waals surface area contributed by atoms with Gasteiger partial charge in [-0.2, -0.15) is 0 Å². The number of hydrogen-bond acceptors (Lipinski definition) is 1. The highest BCUT2D eigenvalue weighted by molar-refractivity contribution is 5.85. The number of nitrogens with one attached hydrogen (secondary N) is 1. The lowest BCUT2D eigenvalue weighted by Gasteiger charge is -2.21.